The van der Waals surface area contributed by atoms with Gasteiger partial charge in [-0.05, 0) is 0 Å². The Bertz CT molecular complexity index is 148. The molecule has 0 amide bonds. The van der Waals surface area contributed by atoms with E-state index >= 15 is 0 Å². The average molecular weight is 177 g/mol. The first-order valence-corrected chi connectivity index (χ1v) is 4.19. The molecule has 0 N–H and O–H groups in total. The highest BCUT2D eigenvalue weighted by molar-refractivity contribution is 7.50. The van der Waals surface area contributed by atoms with Crippen LogP contribution in [0, 0.1) is 0 Å². The van der Waals surface area contributed by atoms with Crippen molar-refractivity contribution in [2.75, 3.05) is 13.3 Å². The van der Waals surface area contributed by atoms with Crippen LogP contribution in [0.4, 0.5) is 13.2 Å². The highest BCUT2D eigenvalue weighted by Gasteiger charge is 2.28. The van der Waals surface area contributed by atoms with Gasteiger partial charge in [-0.15, -0.1) is 0 Å². The van der Waals surface area contributed by atoms with Gasteiger partial charge >= 0.3 is 6.18 Å². The Labute approximate surface area is 55.3 Å². The lowest BCUT2D eigenvalue weighted by atomic mass is 10.7. The van der Waals surface area contributed by atoms with Crippen molar-refractivity contribution in [1.29, 1.82) is 0 Å². The SMILES string of the molecule is CP(=O)([O-])OCC(F)(F)F. The van der Waals surface area contributed by atoms with Crippen molar-refractivity contribution in [2.45, 2.75) is 6.18 Å². The second-order valence-corrected chi connectivity index (χ2v) is 3.46. The maximum Gasteiger partial charge on any atom is 0.412 e. The molecule has 0 saturated carbocycles. The minimum absolute atomic E-state index is 0.582. The predicted octanol–water partition coefficient (Wildman–Crippen LogP) is 0.748. The molecular formula is C3H5F3O3P-. The number of alkyl halides is 3. The van der Waals surface area contributed by atoms with Gasteiger partial charge in [0.05, 0.1) is 0 Å². The molecule has 7 heteroatoms. The molecule has 1 unspecified atom stereocenters. The fourth-order valence-corrected chi connectivity index (χ4v) is 0.571. The van der Waals surface area contributed by atoms with Crippen LogP contribution in [0.3, 0.4) is 0 Å². The molecule has 0 aliphatic heterocycles. The van der Waals surface area contributed by atoms with Gasteiger partial charge in [-0.3, -0.25) is 0 Å². The Morgan fingerprint density at radius 2 is 2.00 bits per heavy atom. The summed E-state index contributed by atoms with van der Waals surface area (Å²) in [7, 11) is -4.23. The van der Waals surface area contributed by atoms with Crippen LogP contribution in [-0.2, 0) is 9.09 Å². The summed E-state index contributed by atoms with van der Waals surface area (Å²) in [6, 6.07) is 0. The van der Waals surface area contributed by atoms with Crippen molar-refractivity contribution in [3.8, 4) is 0 Å². The lowest BCUT2D eigenvalue weighted by Gasteiger charge is -2.18. The van der Waals surface area contributed by atoms with Crippen molar-refractivity contribution < 1.29 is 27.2 Å². The van der Waals surface area contributed by atoms with Crippen LogP contribution in [0.1, 0.15) is 0 Å². The molecule has 62 valence electrons. The highest BCUT2D eigenvalue weighted by atomic mass is 31.2. The van der Waals surface area contributed by atoms with Crippen molar-refractivity contribution in [1.82, 2.24) is 0 Å². The van der Waals surface area contributed by atoms with E-state index in [0.29, 0.717) is 6.66 Å². The quantitative estimate of drug-likeness (QED) is 0.584. The zero-order chi connectivity index (χ0) is 8.41. The maximum absolute atomic E-state index is 11.2. The topological polar surface area (TPSA) is 49.4 Å². The second kappa shape index (κ2) is 2.90. The van der Waals surface area contributed by atoms with Gasteiger partial charge in [-0.25, -0.2) is 0 Å². The van der Waals surface area contributed by atoms with Gasteiger partial charge in [-0.1, -0.05) is 0 Å². The summed E-state index contributed by atoms with van der Waals surface area (Å²) in [6.07, 6.45) is -4.59. The molecule has 0 aromatic heterocycles. The third-order valence-corrected chi connectivity index (χ3v) is 1.06. The molecule has 0 aliphatic carbocycles. The Hall–Kier alpha value is -0.0600. The second-order valence-electron chi connectivity index (χ2n) is 1.66. The van der Waals surface area contributed by atoms with Crippen LogP contribution in [0.2, 0.25) is 0 Å². The standard InChI is InChI=1S/C3H6F3O3P/c1-10(7,8)9-2-3(4,5)6/h2H2,1H3,(H,7,8)/p-1. The van der Waals surface area contributed by atoms with Crippen LogP contribution in [0.15, 0.2) is 0 Å². The molecule has 0 heterocycles. The predicted molar refractivity (Wildman–Crippen MR) is 25.5 cm³/mol. The van der Waals surface area contributed by atoms with E-state index in [1.165, 1.54) is 0 Å². The van der Waals surface area contributed by atoms with E-state index in [1.54, 1.807) is 0 Å². The minimum atomic E-state index is -4.59. The molecule has 0 radical (unpaired) electrons. The molecule has 3 nitrogen and oxygen atoms in total. The Morgan fingerprint density at radius 3 is 2.10 bits per heavy atom. The van der Waals surface area contributed by atoms with E-state index in [2.05, 4.69) is 4.52 Å². The fraction of sp³-hybridized carbons (Fsp3) is 1.00. The lowest BCUT2D eigenvalue weighted by molar-refractivity contribution is -0.215. The van der Waals surface area contributed by atoms with Gasteiger partial charge in [-0.2, -0.15) is 13.2 Å². The van der Waals surface area contributed by atoms with Gasteiger partial charge in [0, 0.05) is 6.66 Å². The number of hydrogen-bond acceptors (Lipinski definition) is 3. The van der Waals surface area contributed by atoms with E-state index in [-0.39, 0.29) is 0 Å². The summed E-state index contributed by atoms with van der Waals surface area (Å²) in [6.45, 7) is -1.16. The van der Waals surface area contributed by atoms with Gasteiger partial charge in [0.15, 0.2) is 0 Å². The van der Waals surface area contributed by atoms with Crippen LogP contribution in [0.25, 0.3) is 0 Å². The number of hydrogen-bond donors (Lipinski definition) is 0. The summed E-state index contributed by atoms with van der Waals surface area (Å²) in [5.74, 6) is 0. The van der Waals surface area contributed by atoms with E-state index in [1.807, 2.05) is 0 Å². The normalized spacial score (nSPS) is 18.5. The summed E-state index contributed by atoms with van der Waals surface area (Å²) in [4.78, 5) is 9.98. The third kappa shape index (κ3) is 7.94. The molecule has 0 saturated heterocycles. The molecular weight excluding hydrogens is 172 g/mol. The van der Waals surface area contributed by atoms with Crippen LogP contribution < -0.4 is 4.89 Å². The van der Waals surface area contributed by atoms with Crippen molar-refractivity contribution in [3.63, 3.8) is 0 Å². The first-order valence-electron chi connectivity index (χ1n) is 2.20. The van der Waals surface area contributed by atoms with Gasteiger partial charge in [0.1, 0.15) is 14.2 Å². The molecule has 0 aromatic carbocycles. The van der Waals surface area contributed by atoms with Crippen molar-refractivity contribution >= 4 is 7.60 Å². The average Bonchev–Trinajstić information content (AvgIpc) is 1.57. The van der Waals surface area contributed by atoms with E-state index in [9.17, 15) is 22.6 Å². The Balaban J connectivity index is 3.67. The molecule has 0 rings (SSSR count). The largest absolute Gasteiger partial charge is 0.779 e. The first-order chi connectivity index (χ1) is 4.21. The summed E-state index contributed by atoms with van der Waals surface area (Å²) >= 11 is 0. The summed E-state index contributed by atoms with van der Waals surface area (Å²) < 4.78 is 47.1. The smallest absolute Gasteiger partial charge is 0.412 e. The highest BCUT2D eigenvalue weighted by Crippen LogP contribution is 2.33. The lowest BCUT2D eigenvalue weighted by Crippen LogP contribution is -2.18. The number of rotatable bonds is 2. The van der Waals surface area contributed by atoms with Crippen LogP contribution in [0.5, 0.6) is 0 Å². The molecule has 10 heavy (non-hydrogen) atoms. The molecule has 0 bridgehead atoms. The van der Waals surface area contributed by atoms with E-state index < -0.39 is 20.4 Å². The zero-order valence-electron chi connectivity index (χ0n) is 5.01. The van der Waals surface area contributed by atoms with E-state index in [0.717, 1.165) is 0 Å². The monoisotopic (exact) mass is 177 g/mol. The van der Waals surface area contributed by atoms with Gasteiger partial charge in [0.25, 0.3) is 0 Å². The Morgan fingerprint density at radius 1 is 1.60 bits per heavy atom. The van der Waals surface area contributed by atoms with Gasteiger partial charge < -0.3 is 14.0 Å². The van der Waals surface area contributed by atoms with Crippen LogP contribution in [-0.4, -0.2) is 19.4 Å². The molecule has 0 aromatic rings. The van der Waals surface area contributed by atoms with Crippen molar-refractivity contribution in [2.24, 2.45) is 0 Å². The minimum Gasteiger partial charge on any atom is -0.779 e. The zero-order valence-corrected chi connectivity index (χ0v) is 5.91. The third-order valence-electron chi connectivity index (χ3n) is 0.463. The maximum atomic E-state index is 11.2. The number of halogens is 3. The van der Waals surface area contributed by atoms with E-state index in [4.69, 9.17) is 0 Å². The summed E-state index contributed by atoms with van der Waals surface area (Å²) in [5.41, 5.74) is 0. The molecule has 0 aliphatic rings. The van der Waals surface area contributed by atoms with Crippen molar-refractivity contribution in [3.05, 3.63) is 0 Å². The Kier molecular flexibility index (Phi) is 2.88. The fourth-order valence-electron chi connectivity index (χ4n) is 0.190. The molecule has 0 fully saturated rings. The van der Waals surface area contributed by atoms with Gasteiger partial charge in [0.2, 0.25) is 0 Å². The summed E-state index contributed by atoms with van der Waals surface area (Å²) in [5, 5.41) is 0. The van der Waals surface area contributed by atoms with Crippen LogP contribution >= 0.6 is 7.60 Å². The molecule has 0 spiro atoms. The molecule has 1 atom stereocenters. The first kappa shape index (κ1) is 9.94.